The molecule has 3 aromatic rings. The molecule has 0 aliphatic carbocycles. The maximum atomic E-state index is 12.9. The minimum Gasteiger partial charge on any atom is -0.361 e. The van der Waals surface area contributed by atoms with Crippen LogP contribution in [0.5, 0.6) is 0 Å². The molecule has 122 valence electrons. The van der Waals surface area contributed by atoms with Crippen LogP contribution in [0.15, 0.2) is 54.7 Å². The van der Waals surface area contributed by atoms with E-state index in [4.69, 9.17) is 0 Å². The number of aromatic amines is 1. The van der Waals surface area contributed by atoms with Gasteiger partial charge in [-0.25, -0.2) is 0 Å². The summed E-state index contributed by atoms with van der Waals surface area (Å²) in [5.41, 5.74) is 4.28. The standard InChI is InChI=1S/C20H21N3O/c24-20(23-11-9-21-10-12-23)18-7-2-1-5-15(18)13-16-14-22-19-8-4-3-6-17(16)19/h1-8,14,21-22H,9-13H2. The molecule has 2 N–H and O–H groups in total. The number of hydrogen-bond acceptors (Lipinski definition) is 2. The molecule has 0 bridgehead atoms. The number of para-hydroxylation sites is 1. The number of fused-ring (bicyclic) bond motifs is 1. The smallest absolute Gasteiger partial charge is 0.254 e. The van der Waals surface area contributed by atoms with Crippen LogP contribution in [0.4, 0.5) is 0 Å². The summed E-state index contributed by atoms with van der Waals surface area (Å²) >= 11 is 0. The Labute approximate surface area is 141 Å². The largest absolute Gasteiger partial charge is 0.361 e. The molecule has 0 saturated carbocycles. The molecule has 4 nitrogen and oxygen atoms in total. The van der Waals surface area contributed by atoms with Crippen molar-refractivity contribution in [2.75, 3.05) is 26.2 Å². The molecule has 1 fully saturated rings. The van der Waals surface area contributed by atoms with Crippen molar-refractivity contribution in [3.05, 3.63) is 71.4 Å². The van der Waals surface area contributed by atoms with Crippen LogP contribution in [0.3, 0.4) is 0 Å². The number of rotatable bonds is 3. The minimum absolute atomic E-state index is 0.145. The van der Waals surface area contributed by atoms with Gasteiger partial charge in [0.1, 0.15) is 0 Å². The predicted molar refractivity (Wildman–Crippen MR) is 96.3 cm³/mol. The first-order valence-corrected chi connectivity index (χ1v) is 8.46. The van der Waals surface area contributed by atoms with E-state index >= 15 is 0 Å². The van der Waals surface area contributed by atoms with Crippen molar-refractivity contribution in [1.82, 2.24) is 15.2 Å². The lowest BCUT2D eigenvalue weighted by molar-refractivity contribution is 0.0735. The average molecular weight is 319 g/mol. The molecule has 0 unspecified atom stereocenters. The van der Waals surface area contributed by atoms with E-state index < -0.39 is 0 Å². The number of carbonyl (C=O) groups excluding carboxylic acids is 1. The quantitative estimate of drug-likeness (QED) is 0.780. The zero-order chi connectivity index (χ0) is 16.4. The monoisotopic (exact) mass is 319 g/mol. The first-order valence-electron chi connectivity index (χ1n) is 8.46. The number of H-pyrrole nitrogens is 1. The number of nitrogens with zero attached hydrogens (tertiary/aromatic N) is 1. The van der Waals surface area contributed by atoms with Gasteiger partial charge < -0.3 is 15.2 Å². The number of nitrogens with one attached hydrogen (secondary N) is 2. The van der Waals surface area contributed by atoms with Gasteiger partial charge in [-0.15, -0.1) is 0 Å². The Morgan fingerprint density at radius 3 is 2.58 bits per heavy atom. The van der Waals surface area contributed by atoms with E-state index in [2.05, 4.69) is 40.8 Å². The second-order valence-corrected chi connectivity index (χ2v) is 6.24. The predicted octanol–water partition coefficient (Wildman–Crippen LogP) is 2.80. The van der Waals surface area contributed by atoms with E-state index in [9.17, 15) is 4.79 Å². The highest BCUT2D eigenvalue weighted by molar-refractivity contribution is 5.96. The Kier molecular flexibility index (Phi) is 4.05. The highest BCUT2D eigenvalue weighted by Crippen LogP contribution is 2.23. The average Bonchev–Trinajstić information content (AvgIpc) is 3.05. The van der Waals surface area contributed by atoms with Gasteiger partial charge in [-0.2, -0.15) is 0 Å². The van der Waals surface area contributed by atoms with Crippen molar-refractivity contribution in [3.8, 4) is 0 Å². The molecule has 24 heavy (non-hydrogen) atoms. The van der Waals surface area contributed by atoms with Gasteiger partial charge >= 0.3 is 0 Å². The Balaban J connectivity index is 1.65. The van der Waals surface area contributed by atoms with E-state index in [-0.39, 0.29) is 5.91 Å². The number of hydrogen-bond donors (Lipinski definition) is 2. The number of amides is 1. The van der Waals surface area contributed by atoms with Crippen molar-refractivity contribution >= 4 is 16.8 Å². The molecule has 1 aliphatic heterocycles. The van der Waals surface area contributed by atoms with Crippen LogP contribution in [-0.4, -0.2) is 42.0 Å². The molecule has 4 rings (SSSR count). The lowest BCUT2D eigenvalue weighted by Gasteiger charge is -2.28. The highest BCUT2D eigenvalue weighted by Gasteiger charge is 2.20. The molecule has 1 saturated heterocycles. The summed E-state index contributed by atoms with van der Waals surface area (Å²) in [5, 5.41) is 4.52. The summed E-state index contributed by atoms with van der Waals surface area (Å²) in [6.45, 7) is 3.30. The molecule has 2 heterocycles. The molecule has 4 heteroatoms. The lowest BCUT2D eigenvalue weighted by Crippen LogP contribution is -2.46. The molecule has 1 amide bonds. The number of aromatic nitrogens is 1. The van der Waals surface area contributed by atoms with Gasteiger partial charge in [0.15, 0.2) is 0 Å². The normalized spacial score (nSPS) is 14.9. The van der Waals surface area contributed by atoms with E-state index in [1.807, 2.05) is 29.2 Å². The molecule has 0 radical (unpaired) electrons. The maximum Gasteiger partial charge on any atom is 0.254 e. The van der Waals surface area contributed by atoms with Crippen LogP contribution in [0.2, 0.25) is 0 Å². The van der Waals surface area contributed by atoms with Crippen LogP contribution in [0, 0.1) is 0 Å². The Hall–Kier alpha value is -2.59. The van der Waals surface area contributed by atoms with Crippen molar-refractivity contribution < 1.29 is 4.79 Å². The Bertz CT molecular complexity index is 862. The molecular formula is C20H21N3O. The summed E-state index contributed by atoms with van der Waals surface area (Å²) in [5.74, 6) is 0.145. The van der Waals surface area contributed by atoms with Crippen molar-refractivity contribution in [2.24, 2.45) is 0 Å². The topological polar surface area (TPSA) is 48.1 Å². The highest BCUT2D eigenvalue weighted by atomic mass is 16.2. The van der Waals surface area contributed by atoms with Crippen molar-refractivity contribution in [3.63, 3.8) is 0 Å². The molecule has 2 aromatic carbocycles. The van der Waals surface area contributed by atoms with Crippen LogP contribution in [0.1, 0.15) is 21.5 Å². The van der Waals surface area contributed by atoms with E-state index in [1.165, 1.54) is 10.9 Å². The second kappa shape index (κ2) is 6.49. The first-order chi connectivity index (χ1) is 11.8. The van der Waals surface area contributed by atoms with Gasteiger partial charge in [0.25, 0.3) is 5.91 Å². The van der Waals surface area contributed by atoms with E-state index in [0.717, 1.165) is 49.2 Å². The zero-order valence-corrected chi connectivity index (χ0v) is 13.6. The third kappa shape index (κ3) is 2.81. The summed E-state index contributed by atoms with van der Waals surface area (Å²) in [6, 6.07) is 16.3. The SMILES string of the molecule is O=C(c1ccccc1Cc1c[nH]c2ccccc12)N1CCNCC1. The third-order valence-electron chi connectivity index (χ3n) is 4.71. The van der Waals surface area contributed by atoms with E-state index in [1.54, 1.807) is 0 Å². The summed E-state index contributed by atoms with van der Waals surface area (Å²) in [4.78, 5) is 18.2. The van der Waals surface area contributed by atoms with Crippen LogP contribution < -0.4 is 5.32 Å². The molecule has 0 atom stereocenters. The summed E-state index contributed by atoms with van der Waals surface area (Å²) < 4.78 is 0. The van der Waals surface area contributed by atoms with Crippen molar-refractivity contribution in [2.45, 2.75) is 6.42 Å². The van der Waals surface area contributed by atoms with Gasteiger partial charge in [0, 0.05) is 55.3 Å². The second-order valence-electron chi connectivity index (χ2n) is 6.24. The fraction of sp³-hybridized carbons (Fsp3) is 0.250. The molecule has 1 aromatic heterocycles. The fourth-order valence-corrected chi connectivity index (χ4v) is 3.40. The van der Waals surface area contributed by atoms with Crippen molar-refractivity contribution in [1.29, 1.82) is 0 Å². The van der Waals surface area contributed by atoms with Crippen LogP contribution >= 0.6 is 0 Å². The third-order valence-corrected chi connectivity index (χ3v) is 4.71. The number of carbonyl (C=O) groups is 1. The van der Waals surface area contributed by atoms with Gasteiger partial charge in [0.05, 0.1) is 0 Å². The zero-order valence-electron chi connectivity index (χ0n) is 13.6. The summed E-state index contributed by atoms with van der Waals surface area (Å²) in [6.07, 6.45) is 2.81. The van der Waals surface area contributed by atoms with Crippen LogP contribution in [0.25, 0.3) is 10.9 Å². The fourth-order valence-electron chi connectivity index (χ4n) is 3.40. The Morgan fingerprint density at radius 1 is 0.958 bits per heavy atom. The number of piperazine rings is 1. The molecule has 1 aliphatic rings. The number of benzene rings is 2. The van der Waals surface area contributed by atoms with Crippen LogP contribution in [-0.2, 0) is 6.42 Å². The van der Waals surface area contributed by atoms with Gasteiger partial charge in [-0.05, 0) is 23.3 Å². The molecular weight excluding hydrogens is 298 g/mol. The maximum absolute atomic E-state index is 12.9. The van der Waals surface area contributed by atoms with E-state index in [0.29, 0.717) is 0 Å². The Morgan fingerprint density at radius 2 is 1.71 bits per heavy atom. The lowest BCUT2D eigenvalue weighted by atomic mass is 9.98. The van der Waals surface area contributed by atoms with Gasteiger partial charge in [0.2, 0.25) is 0 Å². The minimum atomic E-state index is 0.145. The van der Waals surface area contributed by atoms with Gasteiger partial charge in [-0.1, -0.05) is 36.4 Å². The van der Waals surface area contributed by atoms with Gasteiger partial charge in [-0.3, -0.25) is 4.79 Å². The summed E-state index contributed by atoms with van der Waals surface area (Å²) in [7, 11) is 0. The first kappa shape index (κ1) is 15.0. The molecule has 0 spiro atoms.